The normalized spacial score (nSPS) is 18.9. The van der Waals surface area contributed by atoms with Gasteiger partial charge in [-0.1, -0.05) is 19.7 Å². The predicted octanol–water partition coefficient (Wildman–Crippen LogP) is 0.720. The van der Waals surface area contributed by atoms with E-state index in [-0.39, 0.29) is 0 Å². The Hall–Kier alpha value is -1.18. The van der Waals surface area contributed by atoms with E-state index >= 15 is 0 Å². The monoisotopic (exact) mass is 122 g/mol. The minimum atomic E-state index is 0.755. The minimum absolute atomic E-state index is 0.755. The molecule has 0 amide bonds. The molecule has 0 unspecified atom stereocenters. The minimum Gasteiger partial charge on any atom is -0.368 e. The van der Waals surface area contributed by atoms with Crippen LogP contribution in [0.15, 0.2) is 36.8 Å². The first-order valence-corrected chi connectivity index (χ1v) is 2.77. The van der Waals surface area contributed by atoms with Gasteiger partial charge in [-0.05, 0) is 5.57 Å². The zero-order valence-electron chi connectivity index (χ0n) is 5.33. The highest BCUT2D eigenvalue weighted by molar-refractivity contribution is 5.31. The van der Waals surface area contributed by atoms with E-state index in [0.29, 0.717) is 0 Å². The Balaban J connectivity index is 2.64. The predicted molar refractivity (Wildman–Crippen MR) is 38.6 cm³/mol. The summed E-state index contributed by atoms with van der Waals surface area (Å²) in [7, 11) is 0. The van der Waals surface area contributed by atoms with Crippen LogP contribution in [0.3, 0.4) is 0 Å². The molecule has 0 bridgehead atoms. The lowest BCUT2D eigenvalue weighted by atomic mass is 10.2. The molecule has 2 heteroatoms. The van der Waals surface area contributed by atoms with E-state index in [0.717, 1.165) is 23.6 Å². The van der Waals surface area contributed by atoms with Crippen molar-refractivity contribution in [2.75, 3.05) is 6.54 Å². The second-order valence-electron chi connectivity index (χ2n) is 2.04. The molecular formula is C7H10N2. The zero-order chi connectivity index (χ0) is 6.85. The molecule has 1 fully saturated rings. The highest BCUT2D eigenvalue weighted by atomic mass is 15.1. The number of nitrogens with one attached hydrogen (secondary N) is 2. The van der Waals surface area contributed by atoms with Crippen molar-refractivity contribution in [3.63, 3.8) is 0 Å². The standard InChI is InChI=1S/C7H10N2/c1-5-4-8-7(3)9-6(5)2/h8-9H,1-4H2. The molecule has 2 N–H and O–H groups in total. The summed E-state index contributed by atoms with van der Waals surface area (Å²) in [5.41, 5.74) is 1.85. The van der Waals surface area contributed by atoms with E-state index in [1.54, 1.807) is 0 Å². The molecular weight excluding hydrogens is 112 g/mol. The van der Waals surface area contributed by atoms with Crippen LogP contribution in [0, 0.1) is 0 Å². The van der Waals surface area contributed by atoms with Gasteiger partial charge in [0.05, 0.1) is 5.82 Å². The average Bonchev–Trinajstić information content (AvgIpc) is 1.80. The van der Waals surface area contributed by atoms with E-state index in [1.165, 1.54) is 0 Å². The number of rotatable bonds is 0. The van der Waals surface area contributed by atoms with Crippen molar-refractivity contribution in [3.05, 3.63) is 36.8 Å². The molecule has 1 saturated heterocycles. The molecule has 0 aromatic carbocycles. The van der Waals surface area contributed by atoms with Gasteiger partial charge in [-0.25, -0.2) is 0 Å². The molecule has 2 nitrogen and oxygen atoms in total. The van der Waals surface area contributed by atoms with Gasteiger partial charge < -0.3 is 10.6 Å². The third-order valence-electron chi connectivity index (χ3n) is 1.24. The van der Waals surface area contributed by atoms with E-state index in [9.17, 15) is 0 Å². The maximum atomic E-state index is 3.76. The lowest BCUT2D eigenvalue weighted by Gasteiger charge is -2.21. The highest BCUT2D eigenvalue weighted by Gasteiger charge is 2.06. The fourth-order valence-electron chi connectivity index (χ4n) is 0.635. The molecule has 0 saturated carbocycles. The Morgan fingerprint density at radius 3 is 2.33 bits per heavy atom. The average molecular weight is 122 g/mol. The first-order chi connectivity index (χ1) is 4.20. The Kier molecular flexibility index (Phi) is 1.30. The fourth-order valence-corrected chi connectivity index (χ4v) is 0.635. The molecule has 1 aliphatic rings. The summed E-state index contributed by atoms with van der Waals surface area (Å²) < 4.78 is 0. The first-order valence-electron chi connectivity index (χ1n) is 2.77. The molecule has 0 atom stereocenters. The third kappa shape index (κ3) is 1.13. The molecule has 0 radical (unpaired) electrons. The number of hydrogen-bond acceptors (Lipinski definition) is 2. The van der Waals surface area contributed by atoms with Crippen molar-refractivity contribution < 1.29 is 0 Å². The van der Waals surface area contributed by atoms with Crippen LogP contribution in [-0.2, 0) is 0 Å². The van der Waals surface area contributed by atoms with Crippen LogP contribution < -0.4 is 10.6 Å². The Morgan fingerprint density at radius 2 is 1.89 bits per heavy atom. The second-order valence-corrected chi connectivity index (χ2v) is 2.04. The molecule has 48 valence electrons. The Bertz CT molecular complexity index is 179. The van der Waals surface area contributed by atoms with E-state index < -0.39 is 0 Å². The smallest absolute Gasteiger partial charge is 0.0959 e. The van der Waals surface area contributed by atoms with E-state index in [4.69, 9.17) is 0 Å². The Labute approximate surface area is 55.0 Å². The van der Waals surface area contributed by atoms with Gasteiger partial charge in [-0.2, -0.15) is 0 Å². The van der Waals surface area contributed by atoms with Crippen LogP contribution in [0.5, 0.6) is 0 Å². The van der Waals surface area contributed by atoms with Crippen molar-refractivity contribution >= 4 is 0 Å². The van der Waals surface area contributed by atoms with Crippen LogP contribution >= 0.6 is 0 Å². The summed E-state index contributed by atoms with van der Waals surface area (Å²) in [4.78, 5) is 0. The van der Waals surface area contributed by atoms with Gasteiger partial charge in [0.15, 0.2) is 0 Å². The van der Waals surface area contributed by atoms with Gasteiger partial charge in [0.2, 0.25) is 0 Å². The topological polar surface area (TPSA) is 24.1 Å². The van der Waals surface area contributed by atoms with Crippen molar-refractivity contribution in [1.82, 2.24) is 10.6 Å². The molecule has 0 aromatic heterocycles. The van der Waals surface area contributed by atoms with Gasteiger partial charge >= 0.3 is 0 Å². The Morgan fingerprint density at radius 1 is 1.22 bits per heavy atom. The lowest BCUT2D eigenvalue weighted by Crippen LogP contribution is -2.33. The van der Waals surface area contributed by atoms with Gasteiger partial charge in [0.25, 0.3) is 0 Å². The first kappa shape index (κ1) is 5.95. The van der Waals surface area contributed by atoms with Crippen molar-refractivity contribution in [3.8, 4) is 0 Å². The third-order valence-corrected chi connectivity index (χ3v) is 1.24. The van der Waals surface area contributed by atoms with E-state index in [2.05, 4.69) is 30.4 Å². The van der Waals surface area contributed by atoms with Crippen LogP contribution in [0.1, 0.15) is 0 Å². The SMILES string of the molecule is C=C1NCC(=C)C(=C)N1. The fraction of sp³-hybridized carbons (Fsp3) is 0.143. The summed E-state index contributed by atoms with van der Waals surface area (Å²) in [6, 6.07) is 0. The maximum Gasteiger partial charge on any atom is 0.0959 e. The molecule has 0 aliphatic carbocycles. The van der Waals surface area contributed by atoms with Crippen molar-refractivity contribution in [2.24, 2.45) is 0 Å². The molecule has 0 aromatic rings. The van der Waals surface area contributed by atoms with Crippen LogP contribution in [-0.4, -0.2) is 6.54 Å². The largest absolute Gasteiger partial charge is 0.368 e. The van der Waals surface area contributed by atoms with E-state index in [1.807, 2.05) is 0 Å². The summed E-state index contributed by atoms with van der Waals surface area (Å²) in [5, 5.41) is 5.93. The summed E-state index contributed by atoms with van der Waals surface area (Å²) in [6.45, 7) is 11.9. The second kappa shape index (κ2) is 1.97. The number of hydrogen-bond donors (Lipinski definition) is 2. The zero-order valence-corrected chi connectivity index (χ0v) is 5.33. The lowest BCUT2D eigenvalue weighted by molar-refractivity contribution is 0.734. The molecule has 0 spiro atoms. The van der Waals surface area contributed by atoms with Crippen molar-refractivity contribution in [2.45, 2.75) is 0 Å². The summed E-state index contributed by atoms with van der Waals surface area (Å²) in [5.74, 6) is 0.799. The van der Waals surface area contributed by atoms with Crippen LogP contribution in [0.25, 0.3) is 0 Å². The molecule has 1 rings (SSSR count). The molecule has 1 heterocycles. The summed E-state index contributed by atoms with van der Waals surface area (Å²) in [6.07, 6.45) is 0. The van der Waals surface area contributed by atoms with Crippen LogP contribution in [0.2, 0.25) is 0 Å². The van der Waals surface area contributed by atoms with Crippen molar-refractivity contribution in [1.29, 1.82) is 0 Å². The summed E-state index contributed by atoms with van der Waals surface area (Å²) >= 11 is 0. The highest BCUT2D eigenvalue weighted by Crippen LogP contribution is 2.05. The quantitative estimate of drug-likeness (QED) is 0.494. The maximum absolute atomic E-state index is 3.76. The van der Waals surface area contributed by atoms with Crippen LogP contribution in [0.4, 0.5) is 0 Å². The van der Waals surface area contributed by atoms with Gasteiger partial charge in [-0.3, -0.25) is 0 Å². The van der Waals surface area contributed by atoms with Gasteiger partial charge in [-0.15, -0.1) is 0 Å². The van der Waals surface area contributed by atoms with Gasteiger partial charge in [0, 0.05) is 12.2 Å². The van der Waals surface area contributed by atoms with Gasteiger partial charge in [0.1, 0.15) is 0 Å². The molecule has 1 aliphatic heterocycles. The molecule has 9 heavy (non-hydrogen) atoms.